The molecular formula is C14H10ClNO2. The molecule has 18 heavy (non-hydrogen) atoms. The van der Waals surface area contributed by atoms with Crippen molar-refractivity contribution in [3.05, 3.63) is 46.5 Å². The third-order valence-corrected chi connectivity index (χ3v) is 3.92. The minimum atomic E-state index is -0.506. The summed E-state index contributed by atoms with van der Waals surface area (Å²) in [6.45, 7) is 0. The molecule has 0 bridgehead atoms. The van der Waals surface area contributed by atoms with Gasteiger partial charge in [0.15, 0.2) is 11.6 Å². The van der Waals surface area contributed by atoms with Crippen molar-refractivity contribution in [2.75, 3.05) is 0 Å². The van der Waals surface area contributed by atoms with Crippen LogP contribution < -0.4 is 0 Å². The number of benzene rings is 1. The van der Waals surface area contributed by atoms with Gasteiger partial charge in [0.1, 0.15) is 0 Å². The van der Waals surface area contributed by atoms with Crippen LogP contribution in [0.5, 0.6) is 0 Å². The molecule has 90 valence electrons. The quantitative estimate of drug-likeness (QED) is 0.779. The Morgan fingerprint density at radius 1 is 1.11 bits per heavy atom. The second-order valence-electron chi connectivity index (χ2n) is 4.60. The molecule has 2 aliphatic carbocycles. The first kappa shape index (κ1) is 11.4. The van der Waals surface area contributed by atoms with Gasteiger partial charge in [-0.25, -0.2) is 0 Å². The van der Waals surface area contributed by atoms with Crippen LogP contribution in [0.3, 0.4) is 0 Å². The summed E-state index contributed by atoms with van der Waals surface area (Å²) in [4.78, 5) is 24.7. The average Bonchev–Trinajstić information content (AvgIpc) is 2.38. The van der Waals surface area contributed by atoms with Crippen LogP contribution in [0.2, 0.25) is 0 Å². The summed E-state index contributed by atoms with van der Waals surface area (Å²) in [7, 11) is 0. The van der Waals surface area contributed by atoms with E-state index in [2.05, 4.69) is 0 Å². The molecule has 0 spiro atoms. The summed E-state index contributed by atoms with van der Waals surface area (Å²) in [6.07, 6.45) is 1.80. The minimum Gasteiger partial charge on any atom is -0.304 e. The molecule has 3 rings (SSSR count). The Kier molecular flexibility index (Phi) is 2.45. The molecule has 0 saturated carbocycles. The third kappa shape index (κ3) is 1.47. The standard InChI is InChI=1S/C14H10ClNO2/c15-11-5-9-10(6-12(11)16)14(18)8-4-2-1-3-7(8)13(9)17/h1-5,9-10,16H,6H2/t9-,10-/m0/s1. The summed E-state index contributed by atoms with van der Waals surface area (Å²) in [5.41, 5.74) is 1.18. The first-order chi connectivity index (χ1) is 8.59. The molecule has 0 aliphatic heterocycles. The van der Waals surface area contributed by atoms with E-state index in [0.717, 1.165) is 0 Å². The Balaban J connectivity index is 2.18. The molecule has 0 saturated heterocycles. The van der Waals surface area contributed by atoms with E-state index in [1.165, 1.54) is 0 Å². The molecule has 3 nitrogen and oxygen atoms in total. The molecule has 0 radical (unpaired) electrons. The highest BCUT2D eigenvalue weighted by Crippen LogP contribution is 2.38. The highest BCUT2D eigenvalue weighted by Gasteiger charge is 2.42. The molecule has 2 aliphatic rings. The van der Waals surface area contributed by atoms with Gasteiger partial charge in [0.2, 0.25) is 0 Å². The number of hydrogen-bond acceptors (Lipinski definition) is 3. The zero-order valence-corrected chi connectivity index (χ0v) is 10.2. The number of rotatable bonds is 0. The Bertz CT molecular complexity index is 618. The second kappa shape index (κ2) is 3.89. The van der Waals surface area contributed by atoms with E-state index >= 15 is 0 Å². The Morgan fingerprint density at radius 3 is 2.39 bits per heavy atom. The fourth-order valence-electron chi connectivity index (χ4n) is 2.63. The van der Waals surface area contributed by atoms with Crippen LogP contribution in [0, 0.1) is 17.2 Å². The van der Waals surface area contributed by atoms with Gasteiger partial charge in [0.05, 0.1) is 16.7 Å². The normalized spacial score (nSPS) is 26.5. The average molecular weight is 260 g/mol. The number of carbonyl (C=O) groups is 2. The molecule has 0 unspecified atom stereocenters. The number of allylic oxidation sites excluding steroid dienone is 2. The SMILES string of the molecule is N=C1C[C@@H]2C(=O)c3ccccc3C(=O)[C@H]2C=C1Cl. The summed E-state index contributed by atoms with van der Waals surface area (Å²) >= 11 is 5.90. The highest BCUT2D eigenvalue weighted by atomic mass is 35.5. The zero-order valence-electron chi connectivity index (χ0n) is 9.44. The van der Waals surface area contributed by atoms with E-state index in [-0.39, 0.29) is 28.7 Å². The van der Waals surface area contributed by atoms with Gasteiger partial charge in [-0.2, -0.15) is 0 Å². The molecule has 0 aromatic heterocycles. The summed E-state index contributed by atoms with van der Waals surface area (Å²) in [5, 5.41) is 7.98. The van der Waals surface area contributed by atoms with Crippen molar-refractivity contribution < 1.29 is 9.59 Å². The molecular weight excluding hydrogens is 250 g/mol. The lowest BCUT2D eigenvalue weighted by Gasteiger charge is -2.32. The largest absolute Gasteiger partial charge is 0.304 e. The van der Waals surface area contributed by atoms with Crippen molar-refractivity contribution in [1.29, 1.82) is 5.41 Å². The van der Waals surface area contributed by atoms with E-state index in [1.807, 2.05) is 0 Å². The monoisotopic (exact) mass is 259 g/mol. The summed E-state index contributed by atoms with van der Waals surface area (Å²) in [5.74, 6) is -1.09. The van der Waals surface area contributed by atoms with Crippen LogP contribution in [0.1, 0.15) is 27.1 Å². The number of ketones is 2. The Hall–Kier alpha value is -1.74. The molecule has 1 aromatic rings. The first-order valence-electron chi connectivity index (χ1n) is 5.72. The zero-order chi connectivity index (χ0) is 12.9. The van der Waals surface area contributed by atoms with E-state index in [9.17, 15) is 9.59 Å². The van der Waals surface area contributed by atoms with Crippen LogP contribution >= 0.6 is 11.6 Å². The van der Waals surface area contributed by atoms with Crippen LogP contribution in [-0.2, 0) is 0 Å². The number of hydrogen-bond donors (Lipinski definition) is 1. The predicted octanol–water partition coefficient (Wildman–Crippen LogP) is 2.84. The van der Waals surface area contributed by atoms with E-state index in [0.29, 0.717) is 11.1 Å². The Labute approximate surface area is 109 Å². The third-order valence-electron chi connectivity index (χ3n) is 3.57. The van der Waals surface area contributed by atoms with Gasteiger partial charge in [0.25, 0.3) is 0 Å². The van der Waals surface area contributed by atoms with Crippen LogP contribution in [0.15, 0.2) is 35.4 Å². The molecule has 0 fully saturated rings. The lowest BCUT2D eigenvalue weighted by molar-refractivity contribution is 0.0772. The van der Waals surface area contributed by atoms with Crippen LogP contribution in [-0.4, -0.2) is 17.3 Å². The topological polar surface area (TPSA) is 58.0 Å². The lowest BCUT2D eigenvalue weighted by Crippen LogP contribution is -2.39. The Morgan fingerprint density at radius 2 is 1.72 bits per heavy atom. The van der Waals surface area contributed by atoms with Crippen molar-refractivity contribution in [3.8, 4) is 0 Å². The number of carbonyl (C=O) groups excluding carboxylic acids is 2. The molecule has 2 atom stereocenters. The van der Waals surface area contributed by atoms with Crippen molar-refractivity contribution in [2.24, 2.45) is 11.8 Å². The van der Waals surface area contributed by atoms with Gasteiger partial charge < -0.3 is 5.41 Å². The molecule has 0 heterocycles. The maximum absolute atomic E-state index is 12.3. The number of fused-ring (bicyclic) bond motifs is 2. The lowest BCUT2D eigenvalue weighted by atomic mass is 9.69. The second-order valence-corrected chi connectivity index (χ2v) is 5.01. The highest BCUT2D eigenvalue weighted by molar-refractivity contribution is 6.44. The van der Waals surface area contributed by atoms with Gasteiger partial charge in [-0.05, 0) is 0 Å². The van der Waals surface area contributed by atoms with Gasteiger partial charge in [-0.15, -0.1) is 0 Å². The first-order valence-corrected chi connectivity index (χ1v) is 6.10. The van der Waals surface area contributed by atoms with E-state index in [4.69, 9.17) is 17.0 Å². The smallest absolute Gasteiger partial charge is 0.171 e. The molecule has 1 aromatic carbocycles. The van der Waals surface area contributed by atoms with Crippen molar-refractivity contribution in [3.63, 3.8) is 0 Å². The van der Waals surface area contributed by atoms with Crippen LogP contribution in [0.25, 0.3) is 0 Å². The fourth-order valence-corrected chi connectivity index (χ4v) is 2.84. The van der Waals surface area contributed by atoms with Gasteiger partial charge in [0, 0.05) is 23.5 Å². The number of nitrogens with one attached hydrogen (secondary N) is 1. The van der Waals surface area contributed by atoms with Crippen molar-refractivity contribution in [1.82, 2.24) is 0 Å². The molecule has 4 heteroatoms. The molecule has 0 amide bonds. The number of halogens is 1. The van der Waals surface area contributed by atoms with E-state index in [1.54, 1.807) is 30.3 Å². The maximum atomic E-state index is 12.3. The van der Waals surface area contributed by atoms with Crippen molar-refractivity contribution >= 4 is 28.9 Å². The van der Waals surface area contributed by atoms with Gasteiger partial charge in [-0.3, -0.25) is 9.59 Å². The summed E-state index contributed by atoms with van der Waals surface area (Å²) < 4.78 is 0. The van der Waals surface area contributed by atoms with Crippen LogP contribution in [0.4, 0.5) is 0 Å². The van der Waals surface area contributed by atoms with Gasteiger partial charge >= 0.3 is 0 Å². The predicted molar refractivity (Wildman–Crippen MR) is 68.4 cm³/mol. The minimum absolute atomic E-state index is 0.0552. The van der Waals surface area contributed by atoms with E-state index < -0.39 is 11.8 Å². The van der Waals surface area contributed by atoms with Crippen molar-refractivity contribution in [2.45, 2.75) is 6.42 Å². The fraction of sp³-hybridized carbons (Fsp3) is 0.214. The molecule has 1 N–H and O–H groups in total. The maximum Gasteiger partial charge on any atom is 0.171 e. The number of Topliss-reactive ketones (excluding diaryl/α,β-unsaturated/α-hetero) is 2. The summed E-state index contributed by atoms with van der Waals surface area (Å²) in [6, 6.07) is 6.85. The van der Waals surface area contributed by atoms with Gasteiger partial charge in [-0.1, -0.05) is 41.9 Å².